The van der Waals surface area contributed by atoms with Gasteiger partial charge in [-0.1, -0.05) is 30.3 Å². The molecule has 3 aromatic rings. The summed E-state index contributed by atoms with van der Waals surface area (Å²) in [5.74, 6) is 0.0791. The molecule has 1 amide bonds. The van der Waals surface area contributed by atoms with Crippen molar-refractivity contribution in [2.24, 2.45) is 0 Å². The zero-order chi connectivity index (χ0) is 15.3. The number of hydrogen-bond acceptors (Lipinski definition) is 2. The van der Waals surface area contributed by atoms with Gasteiger partial charge >= 0.3 is 0 Å². The van der Waals surface area contributed by atoms with Crippen LogP contribution in [0.5, 0.6) is 0 Å². The molecule has 1 aliphatic heterocycles. The second-order valence-corrected chi connectivity index (χ2v) is 6.33. The van der Waals surface area contributed by atoms with Crippen molar-refractivity contribution in [1.82, 2.24) is 0 Å². The van der Waals surface area contributed by atoms with Crippen LogP contribution in [0.3, 0.4) is 0 Å². The number of benzene rings is 3. The quantitative estimate of drug-likeness (QED) is 0.633. The number of thioether (sulfide) groups is 1. The van der Waals surface area contributed by atoms with Gasteiger partial charge in [0, 0.05) is 22.9 Å². The molecule has 0 aromatic heterocycles. The van der Waals surface area contributed by atoms with Gasteiger partial charge in [0.05, 0.1) is 5.69 Å². The first kappa shape index (κ1) is 13.4. The number of nitrogens with zero attached hydrogens (tertiary/aromatic N) is 1. The summed E-state index contributed by atoms with van der Waals surface area (Å²) >= 11 is 1.74. The molecule has 0 aliphatic carbocycles. The number of carbonyl (C=O) groups is 1. The topological polar surface area (TPSA) is 20.3 Å². The minimum absolute atomic E-state index is 0.0791. The molecule has 0 fully saturated rings. The van der Waals surface area contributed by atoms with Crippen molar-refractivity contribution in [3.05, 3.63) is 60.2 Å². The highest BCUT2D eigenvalue weighted by Gasteiger charge is 2.27. The molecule has 0 spiro atoms. The molecule has 0 radical (unpaired) electrons. The van der Waals surface area contributed by atoms with Gasteiger partial charge in [0.25, 0.3) is 5.91 Å². The maximum atomic E-state index is 12.3. The van der Waals surface area contributed by atoms with Crippen LogP contribution in [0.15, 0.2) is 59.5 Å². The lowest BCUT2D eigenvalue weighted by Crippen LogP contribution is -2.20. The molecule has 4 rings (SSSR count). The van der Waals surface area contributed by atoms with E-state index in [1.807, 2.05) is 19.2 Å². The van der Waals surface area contributed by atoms with Crippen molar-refractivity contribution in [3.63, 3.8) is 0 Å². The monoisotopic (exact) mass is 305 g/mol. The summed E-state index contributed by atoms with van der Waals surface area (Å²) in [6.45, 7) is 0. The lowest BCUT2D eigenvalue weighted by molar-refractivity contribution is 0.0999. The molecule has 0 atom stereocenters. The standard InChI is InChI=1S/C19H15NOS/c1-20-17-11-10-14(12-6-8-13(22-2)9-7-12)15-4-3-5-16(18(15)17)19(20)21/h3-11H,1-2H3. The molecule has 3 aromatic carbocycles. The Morgan fingerprint density at radius 1 is 0.909 bits per heavy atom. The van der Waals surface area contributed by atoms with E-state index >= 15 is 0 Å². The summed E-state index contributed by atoms with van der Waals surface area (Å²) in [6.07, 6.45) is 2.08. The van der Waals surface area contributed by atoms with Gasteiger partial charge in [-0.3, -0.25) is 4.79 Å². The van der Waals surface area contributed by atoms with Crippen LogP contribution in [-0.4, -0.2) is 19.2 Å². The second-order valence-electron chi connectivity index (χ2n) is 5.45. The molecule has 0 unspecified atom stereocenters. The Morgan fingerprint density at radius 2 is 1.68 bits per heavy atom. The minimum Gasteiger partial charge on any atom is -0.311 e. The van der Waals surface area contributed by atoms with E-state index in [1.54, 1.807) is 16.7 Å². The van der Waals surface area contributed by atoms with Crippen molar-refractivity contribution in [2.45, 2.75) is 4.90 Å². The molecule has 1 heterocycles. The van der Waals surface area contributed by atoms with Gasteiger partial charge in [0.15, 0.2) is 0 Å². The summed E-state index contributed by atoms with van der Waals surface area (Å²) in [4.78, 5) is 15.3. The van der Waals surface area contributed by atoms with Crippen LogP contribution in [0.25, 0.3) is 21.9 Å². The van der Waals surface area contributed by atoms with Gasteiger partial charge in [-0.25, -0.2) is 0 Å². The van der Waals surface area contributed by atoms with Crippen LogP contribution < -0.4 is 4.90 Å². The highest BCUT2D eigenvalue weighted by atomic mass is 32.2. The Balaban J connectivity index is 1.99. The smallest absolute Gasteiger partial charge is 0.258 e. The van der Waals surface area contributed by atoms with Gasteiger partial charge in [-0.2, -0.15) is 0 Å². The molecule has 0 N–H and O–H groups in total. The Morgan fingerprint density at radius 3 is 2.41 bits per heavy atom. The van der Waals surface area contributed by atoms with Crippen LogP contribution in [-0.2, 0) is 0 Å². The SMILES string of the molecule is CSc1ccc(-c2ccc3c4c(cccc24)C(=O)N3C)cc1. The summed E-state index contributed by atoms with van der Waals surface area (Å²) in [7, 11) is 1.84. The molecular weight excluding hydrogens is 290 g/mol. The molecule has 1 aliphatic rings. The van der Waals surface area contributed by atoms with Crippen molar-refractivity contribution in [3.8, 4) is 11.1 Å². The number of anilines is 1. The molecule has 0 saturated heterocycles. The Kier molecular flexibility index (Phi) is 2.98. The first-order valence-corrected chi connectivity index (χ1v) is 8.41. The summed E-state index contributed by atoms with van der Waals surface area (Å²) < 4.78 is 0. The largest absolute Gasteiger partial charge is 0.311 e. The lowest BCUT2D eigenvalue weighted by Gasteiger charge is -2.12. The van der Waals surface area contributed by atoms with E-state index in [2.05, 4.69) is 48.7 Å². The van der Waals surface area contributed by atoms with Crippen LogP contribution in [0.2, 0.25) is 0 Å². The predicted molar refractivity (Wildman–Crippen MR) is 93.9 cm³/mol. The summed E-state index contributed by atoms with van der Waals surface area (Å²) in [5, 5.41) is 2.21. The van der Waals surface area contributed by atoms with E-state index in [9.17, 15) is 4.79 Å². The van der Waals surface area contributed by atoms with E-state index in [-0.39, 0.29) is 5.91 Å². The molecular formula is C19H15NOS. The molecule has 22 heavy (non-hydrogen) atoms. The molecule has 0 saturated carbocycles. The third-order valence-corrected chi connectivity index (χ3v) is 5.06. The third kappa shape index (κ3) is 1.79. The number of hydrogen-bond donors (Lipinski definition) is 0. The average Bonchev–Trinajstić information content (AvgIpc) is 2.82. The first-order chi connectivity index (χ1) is 10.7. The summed E-state index contributed by atoms with van der Waals surface area (Å²) in [5.41, 5.74) is 4.16. The van der Waals surface area contributed by atoms with Gasteiger partial charge in [0.2, 0.25) is 0 Å². The van der Waals surface area contributed by atoms with E-state index in [4.69, 9.17) is 0 Å². The second kappa shape index (κ2) is 4.89. The van der Waals surface area contributed by atoms with E-state index in [0.29, 0.717) is 0 Å². The zero-order valence-electron chi connectivity index (χ0n) is 12.5. The maximum Gasteiger partial charge on any atom is 0.258 e. The Bertz CT molecular complexity index is 899. The maximum absolute atomic E-state index is 12.3. The lowest BCUT2D eigenvalue weighted by atomic mass is 9.96. The fourth-order valence-corrected chi connectivity index (χ4v) is 3.57. The minimum atomic E-state index is 0.0791. The fourth-order valence-electron chi connectivity index (χ4n) is 3.16. The average molecular weight is 305 g/mol. The van der Waals surface area contributed by atoms with E-state index in [1.165, 1.54) is 16.0 Å². The fraction of sp³-hybridized carbons (Fsp3) is 0.105. The number of carbonyl (C=O) groups excluding carboxylic acids is 1. The molecule has 108 valence electrons. The number of rotatable bonds is 2. The van der Waals surface area contributed by atoms with Gasteiger partial charge < -0.3 is 4.90 Å². The number of amides is 1. The van der Waals surface area contributed by atoms with Crippen molar-refractivity contribution in [1.29, 1.82) is 0 Å². The Labute approximate surface area is 133 Å². The van der Waals surface area contributed by atoms with Crippen LogP contribution in [0.4, 0.5) is 5.69 Å². The van der Waals surface area contributed by atoms with Crippen molar-refractivity contribution < 1.29 is 4.79 Å². The highest BCUT2D eigenvalue weighted by molar-refractivity contribution is 7.98. The van der Waals surface area contributed by atoms with E-state index < -0.39 is 0 Å². The Hall–Kier alpha value is -2.26. The van der Waals surface area contributed by atoms with Crippen LogP contribution in [0, 0.1) is 0 Å². The zero-order valence-corrected chi connectivity index (χ0v) is 13.3. The molecule has 2 nitrogen and oxygen atoms in total. The van der Waals surface area contributed by atoms with Gasteiger partial charge in [-0.05, 0) is 47.0 Å². The van der Waals surface area contributed by atoms with Crippen molar-refractivity contribution >= 4 is 34.1 Å². The van der Waals surface area contributed by atoms with Crippen LogP contribution >= 0.6 is 11.8 Å². The van der Waals surface area contributed by atoms with Gasteiger partial charge in [0.1, 0.15) is 0 Å². The van der Waals surface area contributed by atoms with Gasteiger partial charge in [-0.15, -0.1) is 11.8 Å². The third-order valence-electron chi connectivity index (χ3n) is 4.32. The molecule has 3 heteroatoms. The predicted octanol–water partition coefficient (Wildman–Crippen LogP) is 4.82. The highest BCUT2D eigenvalue weighted by Crippen LogP contribution is 2.41. The summed E-state index contributed by atoms with van der Waals surface area (Å²) in [6, 6.07) is 18.7. The first-order valence-electron chi connectivity index (χ1n) is 7.19. The van der Waals surface area contributed by atoms with Crippen molar-refractivity contribution in [2.75, 3.05) is 18.2 Å². The molecule has 0 bridgehead atoms. The van der Waals surface area contributed by atoms with E-state index in [0.717, 1.165) is 22.0 Å². The van der Waals surface area contributed by atoms with Crippen LogP contribution in [0.1, 0.15) is 10.4 Å². The normalized spacial score (nSPS) is 13.2.